The van der Waals surface area contributed by atoms with Crippen LogP contribution >= 0.6 is 12.2 Å². The van der Waals surface area contributed by atoms with E-state index in [1.54, 1.807) is 31.5 Å². The van der Waals surface area contributed by atoms with Crippen molar-refractivity contribution >= 4 is 28.7 Å². The van der Waals surface area contributed by atoms with Gasteiger partial charge in [0, 0.05) is 11.9 Å². The first-order chi connectivity index (χ1) is 8.65. The van der Waals surface area contributed by atoms with Crippen molar-refractivity contribution in [2.75, 3.05) is 10.6 Å². The van der Waals surface area contributed by atoms with Gasteiger partial charge in [-0.25, -0.2) is 4.39 Å². The highest BCUT2D eigenvalue weighted by Crippen LogP contribution is 2.14. The van der Waals surface area contributed by atoms with E-state index in [0.29, 0.717) is 10.7 Å². The molecule has 18 heavy (non-hydrogen) atoms. The molecule has 0 fully saturated rings. The summed E-state index contributed by atoms with van der Waals surface area (Å²) < 4.78 is 13.1. The maximum atomic E-state index is 13.1. The second-order valence-corrected chi connectivity index (χ2v) is 4.19. The first kappa shape index (κ1) is 12.4. The van der Waals surface area contributed by atoms with E-state index in [0.717, 1.165) is 11.4 Å². The lowest BCUT2D eigenvalue weighted by Gasteiger charge is -2.10. The molecule has 0 saturated heterocycles. The predicted octanol–water partition coefficient (Wildman–Crippen LogP) is 3.34. The van der Waals surface area contributed by atoms with E-state index in [9.17, 15) is 4.39 Å². The van der Waals surface area contributed by atoms with Gasteiger partial charge in [0.15, 0.2) is 5.11 Å². The molecule has 2 N–H and O–H groups in total. The number of hydrogen-bond donors (Lipinski definition) is 2. The van der Waals surface area contributed by atoms with E-state index in [1.807, 2.05) is 12.1 Å². The SMILES string of the molecule is Cc1cc(NC(=S)Nc2cccnc2)ccc1F. The van der Waals surface area contributed by atoms with Crippen LogP contribution in [0.15, 0.2) is 42.7 Å². The van der Waals surface area contributed by atoms with Crippen LogP contribution in [0.2, 0.25) is 0 Å². The first-order valence-corrected chi connectivity index (χ1v) is 5.80. The number of aryl methyl sites for hydroxylation is 1. The van der Waals surface area contributed by atoms with Crippen molar-refractivity contribution < 1.29 is 4.39 Å². The number of anilines is 2. The van der Waals surface area contributed by atoms with Crippen molar-refractivity contribution in [2.45, 2.75) is 6.92 Å². The van der Waals surface area contributed by atoms with Gasteiger partial charge in [0.05, 0.1) is 11.9 Å². The highest BCUT2D eigenvalue weighted by molar-refractivity contribution is 7.80. The lowest BCUT2D eigenvalue weighted by Crippen LogP contribution is -2.19. The zero-order chi connectivity index (χ0) is 13.0. The number of benzene rings is 1. The van der Waals surface area contributed by atoms with Crippen molar-refractivity contribution in [3.63, 3.8) is 0 Å². The summed E-state index contributed by atoms with van der Waals surface area (Å²) in [5.41, 5.74) is 2.12. The molecule has 2 aromatic rings. The number of thiocarbonyl (C=S) groups is 1. The molecule has 0 bridgehead atoms. The summed E-state index contributed by atoms with van der Waals surface area (Å²) in [6, 6.07) is 8.42. The summed E-state index contributed by atoms with van der Waals surface area (Å²) in [6.45, 7) is 1.71. The van der Waals surface area contributed by atoms with Gasteiger partial charge in [-0.3, -0.25) is 4.98 Å². The Morgan fingerprint density at radius 3 is 2.67 bits per heavy atom. The van der Waals surface area contributed by atoms with Gasteiger partial charge in [-0.15, -0.1) is 0 Å². The average molecular weight is 261 g/mol. The molecule has 1 aromatic heterocycles. The Kier molecular flexibility index (Phi) is 3.84. The van der Waals surface area contributed by atoms with Crippen LogP contribution in [0.5, 0.6) is 0 Å². The Morgan fingerprint density at radius 1 is 1.22 bits per heavy atom. The standard InChI is InChI=1S/C13H12FN3S/c1-9-7-10(4-5-12(9)14)16-13(18)17-11-3-2-6-15-8-11/h2-8H,1H3,(H2,16,17,18). The van der Waals surface area contributed by atoms with Crippen LogP contribution in [0.1, 0.15) is 5.56 Å². The number of halogens is 1. The zero-order valence-electron chi connectivity index (χ0n) is 9.77. The van der Waals surface area contributed by atoms with Gasteiger partial charge >= 0.3 is 0 Å². The Bertz CT molecular complexity index is 557. The summed E-state index contributed by atoms with van der Waals surface area (Å²) in [5, 5.41) is 6.41. The monoisotopic (exact) mass is 261 g/mol. The van der Waals surface area contributed by atoms with Crippen LogP contribution in [0, 0.1) is 12.7 Å². The summed E-state index contributed by atoms with van der Waals surface area (Å²) in [4.78, 5) is 3.97. The summed E-state index contributed by atoms with van der Waals surface area (Å²) >= 11 is 5.15. The number of rotatable bonds is 2. The van der Waals surface area contributed by atoms with Crippen molar-refractivity contribution in [1.29, 1.82) is 0 Å². The predicted molar refractivity (Wildman–Crippen MR) is 75.2 cm³/mol. The van der Waals surface area contributed by atoms with Gasteiger partial charge in [0.25, 0.3) is 0 Å². The van der Waals surface area contributed by atoms with Crippen LogP contribution in [-0.2, 0) is 0 Å². The maximum absolute atomic E-state index is 13.1. The van der Waals surface area contributed by atoms with Gasteiger partial charge in [0.2, 0.25) is 0 Å². The number of nitrogens with one attached hydrogen (secondary N) is 2. The molecule has 0 unspecified atom stereocenters. The van der Waals surface area contributed by atoms with Crippen molar-refractivity contribution in [3.8, 4) is 0 Å². The molecule has 0 saturated carbocycles. The third-order valence-corrected chi connectivity index (χ3v) is 2.54. The second kappa shape index (κ2) is 5.55. The molecular formula is C13H12FN3S. The van der Waals surface area contributed by atoms with Crippen LogP contribution in [0.25, 0.3) is 0 Å². The fourth-order valence-corrected chi connectivity index (χ4v) is 1.69. The Hall–Kier alpha value is -2.01. The smallest absolute Gasteiger partial charge is 0.175 e. The molecule has 92 valence electrons. The molecule has 1 heterocycles. The molecule has 0 aliphatic heterocycles. The quantitative estimate of drug-likeness (QED) is 0.813. The van der Waals surface area contributed by atoms with E-state index < -0.39 is 0 Å². The molecule has 0 spiro atoms. The highest BCUT2D eigenvalue weighted by Gasteiger charge is 2.01. The fourth-order valence-electron chi connectivity index (χ4n) is 1.45. The van der Waals surface area contributed by atoms with Gasteiger partial charge in [-0.1, -0.05) is 0 Å². The van der Waals surface area contributed by atoms with E-state index in [-0.39, 0.29) is 5.82 Å². The normalized spacial score (nSPS) is 9.89. The van der Waals surface area contributed by atoms with Crippen molar-refractivity contribution in [3.05, 3.63) is 54.1 Å². The van der Waals surface area contributed by atoms with Crippen molar-refractivity contribution in [1.82, 2.24) is 4.98 Å². The van der Waals surface area contributed by atoms with Crippen LogP contribution in [0.3, 0.4) is 0 Å². The van der Waals surface area contributed by atoms with Crippen molar-refractivity contribution in [2.24, 2.45) is 0 Å². The lowest BCUT2D eigenvalue weighted by molar-refractivity contribution is 0.619. The van der Waals surface area contributed by atoms with Crippen LogP contribution < -0.4 is 10.6 Å². The fraction of sp³-hybridized carbons (Fsp3) is 0.0769. The summed E-state index contributed by atoms with van der Waals surface area (Å²) in [5.74, 6) is -0.230. The molecule has 0 aliphatic carbocycles. The minimum absolute atomic E-state index is 0.230. The Labute approximate surface area is 110 Å². The molecule has 5 heteroatoms. The first-order valence-electron chi connectivity index (χ1n) is 5.39. The highest BCUT2D eigenvalue weighted by atomic mass is 32.1. The minimum Gasteiger partial charge on any atom is -0.332 e. The number of nitrogens with zero attached hydrogens (tertiary/aromatic N) is 1. The van der Waals surface area contributed by atoms with E-state index in [4.69, 9.17) is 12.2 Å². The largest absolute Gasteiger partial charge is 0.332 e. The van der Waals surface area contributed by atoms with Crippen LogP contribution in [-0.4, -0.2) is 10.1 Å². The van der Waals surface area contributed by atoms with E-state index in [1.165, 1.54) is 6.07 Å². The molecule has 0 aliphatic rings. The van der Waals surface area contributed by atoms with E-state index in [2.05, 4.69) is 15.6 Å². The lowest BCUT2D eigenvalue weighted by atomic mass is 10.2. The van der Waals surface area contributed by atoms with Gasteiger partial charge in [0.1, 0.15) is 5.82 Å². The third-order valence-electron chi connectivity index (χ3n) is 2.34. The molecule has 0 atom stereocenters. The molecule has 1 aromatic carbocycles. The average Bonchev–Trinajstić information content (AvgIpc) is 2.35. The number of pyridine rings is 1. The zero-order valence-corrected chi connectivity index (χ0v) is 10.6. The van der Waals surface area contributed by atoms with E-state index >= 15 is 0 Å². The number of hydrogen-bond acceptors (Lipinski definition) is 2. The second-order valence-electron chi connectivity index (χ2n) is 3.78. The third kappa shape index (κ3) is 3.24. The molecule has 3 nitrogen and oxygen atoms in total. The Morgan fingerprint density at radius 2 is 2.00 bits per heavy atom. The summed E-state index contributed by atoms with van der Waals surface area (Å²) in [7, 11) is 0. The number of aromatic nitrogens is 1. The van der Waals surface area contributed by atoms with Crippen LogP contribution in [0.4, 0.5) is 15.8 Å². The Balaban J connectivity index is 2.01. The molecule has 2 rings (SSSR count). The maximum Gasteiger partial charge on any atom is 0.175 e. The molecule has 0 radical (unpaired) electrons. The minimum atomic E-state index is -0.230. The topological polar surface area (TPSA) is 37.0 Å². The molecular weight excluding hydrogens is 249 g/mol. The summed E-state index contributed by atoms with van der Waals surface area (Å²) in [6.07, 6.45) is 3.36. The van der Waals surface area contributed by atoms with Gasteiger partial charge < -0.3 is 10.6 Å². The van der Waals surface area contributed by atoms with Gasteiger partial charge in [-0.2, -0.15) is 0 Å². The van der Waals surface area contributed by atoms with Gasteiger partial charge in [-0.05, 0) is 55.0 Å². The molecule has 0 amide bonds.